The quantitative estimate of drug-likeness (QED) is 0.418. The largest absolute Gasteiger partial charge is 0.461 e. The molecule has 1 saturated heterocycles. The molecule has 1 rings (SSSR count). The number of hydrogen-bond acceptors (Lipinski definition) is 3. The molecule has 1 aliphatic heterocycles. The second-order valence-electron chi connectivity index (χ2n) is 1.83. The zero-order chi connectivity index (χ0) is 5.98. The first kappa shape index (κ1) is 5.95. The summed E-state index contributed by atoms with van der Waals surface area (Å²) in [6, 6.07) is 0. The van der Waals surface area contributed by atoms with E-state index in [1.54, 1.807) is 0 Å². The maximum atomic E-state index is 10.4. The van der Waals surface area contributed by atoms with Gasteiger partial charge in [0.1, 0.15) is 6.10 Å². The van der Waals surface area contributed by atoms with Gasteiger partial charge in [0.25, 0.3) is 0 Å². The number of ether oxygens (including phenoxy) is 1. The van der Waals surface area contributed by atoms with Crippen LogP contribution in [0.4, 0.5) is 0 Å². The van der Waals surface area contributed by atoms with Crippen molar-refractivity contribution in [3.05, 3.63) is 0 Å². The third kappa shape index (κ3) is 1.15. The molecule has 0 aliphatic carbocycles. The highest BCUT2D eigenvalue weighted by Gasteiger charge is 2.20. The number of esters is 1. The fourth-order valence-electron chi connectivity index (χ4n) is 0.711. The Bertz CT molecular complexity index is 103. The van der Waals surface area contributed by atoms with Crippen LogP contribution >= 0.6 is 12.6 Å². The van der Waals surface area contributed by atoms with Crippen molar-refractivity contribution < 1.29 is 9.53 Å². The molecule has 46 valence electrons. The van der Waals surface area contributed by atoms with Gasteiger partial charge in [0.05, 0.1) is 0 Å². The summed E-state index contributed by atoms with van der Waals surface area (Å²) in [5.74, 6) is 0.579. The van der Waals surface area contributed by atoms with Crippen molar-refractivity contribution in [3.63, 3.8) is 0 Å². The molecule has 2 nitrogen and oxygen atoms in total. The zero-order valence-electron chi connectivity index (χ0n) is 4.46. The Morgan fingerprint density at radius 2 is 2.62 bits per heavy atom. The van der Waals surface area contributed by atoms with Crippen LogP contribution in [0.25, 0.3) is 0 Å². The van der Waals surface area contributed by atoms with E-state index in [1.807, 2.05) is 0 Å². The molecule has 1 heterocycles. The molecule has 0 unspecified atom stereocenters. The van der Waals surface area contributed by atoms with Crippen molar-refractivity contribution in [1.82, 2.24) is 0 Å². The van der Waals surface area contributed by atoms with E-state index in [9.17, 15) is 4.79 Å². The van der Waals surface area contributed by atoms with Crippen LogP contribution in [0, 0.1) is 0 Å². The predicted octanol–water partition coefficient (Wildman–Crippen LogP) is 0.622. The summed E-state index contributed by atoms with van der Waals surface area (Å²) in [6.07, 6.45) is 1.51. The SMILES string of the molecule is O=C1CC[C@@H](CS)O1. The molecule has 0 aromatic heterocycles. The minimum atomic E-state index is -0.0796. The van der Waals surface area contributed by atoms with Gasteiger partial charge < -0.3 is 4.74 Å². The van der Waals surface area contributed by atoms with Crippen LogP contribution in [0.15, 0.2) is 0 Å². The maximum Gasteiger partial charge on any atom is 0.306 e. The molecule has 8 heavy (non-hydrogen) atoms. The maximum absolute atomic E-state index is 10.4. The summed E-state index contributed by atoms with van der Waals surface area (Å²) in [5.41, 5.74) is 0. The highest BCUT2D eigenvalue weighted by Crippen LogP contribution is 2.13. The number of rotatable bonds is 1. The highest BCUT2D eigenvalue weighted by molar-refractivity contribution is 7.80. The zero-order valence-corrected chi connectivity index (χ0v) is 5.36. The monoisotopic (exact) mass is 132 g/mol. The van der Waals surface area contributed by atoms with Gasteiger partial charge in [-0.15, -0.1) is 0 Å². The lowest BCUT2D eigenvalue weighted by Crippen LogP contribution is -2.07. The number of cyclic esters (lactones) is 1. The molecule has 0 amide bonds. The third-order valence-electron chi connectivity index (χ3n) is 1.17. The third-order valence-corrected chi connectivity index (χ3v) is 1.58. The summed E-state index contributed by atoms with van der Waals surface area (Å²) >= 11 is 3.98. The molecule has 3 heteroatoms. The van der Waals surface area contributed by atoms with Gasteiger partial charge in [-0.3, -0.25) is 4.79 Å². The number of carbonyl (C=O) groups is 1. The molecular weight excluding hydrogens is 124 g/mol. The van der Waals surface area contributed by atoms with Crippen molar-refractivity contribution in [2.24, 2.45) is 0 Å². The first-order chi connectivity index (χ1) is 3.83. The van der Waals surface area contributed by atoms with Gasteiger partial charge in [0.15, 0.2) is 0 Å². The summed E-state index contributed by atoms with van der Waals surface area (Å²) in [6.45, 7) is 0. The predicted molar refractivity (Wildman–Crippen MR) is 33.0 cm³/mol. The van der Waals surface area contributed by atoms with Crippen molar-refractivity contribution in [2.75, 3.05) is 5.75 Å². The fourth-order valence-corrected chi connectivity index (χ4v) is 0.968. The van der Waals surface area contributed by atoms with Crippen LogP contribution in [-0.2, 0) is 9.53 Å². The van der Waals surface area contributed by atoms with Gasteiger partial charge in [-0.25, -0.2) is 0 Å². The Kier molecular flexibility index (Phi) is 1.78. The van der Waals surface area contributed by atoms with Crippen LogP contribution in [0.1, 0.15) is 12.8 Å². The van der Waals surface area contributed by atoms with Gasteiger partial charge in [-0.2, -0.15) is 12.6 Å². The average Bonchev–Trinajstić information content (AvgIpc) is 2.14. The summed E-state index contributed by atoms with van der Waals surface area (Å²) in [4.78, 5) is 10.4. The highest BCUT2D eigenvalue weighted by atomic mass is 32.1. The Balaban J connectivity index is 2.32. The second kappa shape index (κ2) is 2.40. The molecule has 0 aromatic carbocycles. The van der Waals surface area contributed by atoms with E-state index in [2.05, 4.69) is 12.6 Å². The van der Waals surface area contributed by atoms with Crippen LogP contribution in [0.3, 0.4) is 0 Å². The van der Waals surface area contributed by atoms with E-state index in [0.29, 0.717) is 12.2 Å². The lowest BCUT2D eigenvalue weighted by Gasteiger charge is -2.01. The van der Waals surface area contributed by atoms with Gasteiger partial charge in [0.2, 0.25) is 0 Å². The Hall–Kier alpha value is -0.180. The minimum absolute atomic E-state index is 0.0796. The molecule has 0 aromatic rings. The molecular formula is C5H8O2S. The van der Waals surface area contributed by atoms with E-state index < -0.39 is 0 Å². The first-order valence-electron chi connectivity index (χ1n) is 2.63. The average molecular weight is 132 g/mol. The van der Waals surface area contributed by atoms with Crippen molar-refractivity contribution in [3.8, 4) is 0 Å². The fraction of sp³-hybridized carbons (Fsp3) is 0.800. The van der Waals surface area contributed by atoms with Gasteiger partial charge in [0, 0.05) is 12.2 Å². The number of carbonyl (C=O) groups excluding carboxylic acids is 1. The Labute approximate surface area is 53.6 Å². The van der Waals surface area contributed by atoms with Crippen LogP contribution in [0.5, 0.6) is 0 Å². The van der Waals surface area contributed by atoms with Gasteiger partial charge in [-0.05, 0) is 6.42 Å². The van der Waals surface area contributed by atoms with E-state index in [0.717, 1.165) is 6.42 Å². The van der Waals surface area contributed by atoms with E-state index in [1.165, 1.54) is 0 Å². The molecule has 1 aliphatic rings. The lowest BCUT2D eigenvalue weighted by atomic mass is 10.3. The molecule has 1 fully saturated rings. The van der Waals surface area contributed by atoms with E-state index in [4.69, 9.17) is 4.74 Å². The summed E-state index contributed by atoms with van der Waals surface area (Å²) in [5, 5.41) is 0. The topological polar surface area (TPSA) is 26.3 Å². The summed E-state index contributed by atoms with van der Waals surface area (Å²) in [7, 11) is 0. The first-order valence-corrected chi connectivity index (χ1v) is 3.26. The van der Waals surface area contributed by atoms with Crippen LogP contribution in [0.2, 0.25) is 0 Å². The Morgan fingerprint density at radius 3 is 2.88 bits per heavy atom. The van der Waals surface area contributed by atoms with E-state index in [-0.39, 0.29) is 12.1 Å². The van der Waals surface area contributed by atoms with Crippen molar-refractivity contribution >= 4 is 18.6 Å². The lowest BCUT2D eigenvalue weighted by molar-refractivity contribution is -0.140. The smallest absolute Gasteiger partial charge is 0.306 e. The van der Waals surface area contributed by atoms with Gasteiger partial charge in [-0.1, -0.05) is 0 Å². The molecule has 0 spiro atoms. The normalized spacial score (nSPS) is 28.1. The Morgan fingerprint density at radius 1 is 1.88 bits per heavy atom. The van der Waals surface area contributed by atoms with Crippen molar-refractivity contribution in [2.45, 2.75) is 18.9 Å². The second-order valence-corrected chi connectivity index (χ2v) is 2.20. The standard InChI is InChI=1S/C5H8O2S/c6-5-2-1-4(3-8)7-5/h4,8H,1-3H2/t4-/m0/s1. The summed E-state index contributed by atoms with van der Waals surface area (Å²) < 4.78 is 4.80. The molecule has 0 radical (unpaired) electrons. The van der Waals surface area contributed by atoms with E-state index >= 15 is 0 Å². The number of hydrogen-bond donors (Lipinski definition) is 1. The van der Waals surface area contributed by atoms with Crippen LogP contribution < -0.4 is 0 Å². The van der Waals surface area contributed by atoms with Gasteiger partial charge >= 0.3 is 5.97 Å². The molecule has 1 atom stereocenters. The van der Waals surface area contributed by atoms with Crippen molar-refractivity contribution in [1.29, 1.82) is 0 Å². The molecule has 0 saturated carbocycles. The number of thiol groups is 1. The molecule has 0 N–H and O–H groups in total. The minimum Gasteiger partial charge on any atom is -0.461 e. The molecule has 0 bridgehead atoms. The van der Waals surface area contributed by atoms with Crippen LogP contribution in [-0.4, -0.2) is 17.8 Å².